The van der Waals surface area contributed by atoms with Crippen LogP contribution in [0.1, 0.15) is 18.1 Å². The third-order valence-corrected chi connectivity index (χ3v) is 3.89. The predicted octanol–water partition coefficient (Wildman–Crippen LogP) is 4.71. The normalized spacial score (nSPS) is 11.7. The Bertz CT molecular complexity index is 690. The summed E-state index contributed by atoms with van der Waals surface area (Å²) in [6.45, 7) is 6.71. The van der Waals surface area contributed by atoms with Gasteiger partial charge in [0.05, 0.1) is 6.04 Å². The van der Waals surface area contributed by atoms with Crippen LogP contribution >= 0.6 is 23.8 Å². The summed E-state index contributed by atoms with van der Waals surface area (Å²) >= 11 is 11.3. The van der Waals surface area contributed by atoms with Crippen LogP contribution in [-0.2, 0) is 0 Å². The maximum Gasteiger partial charge on any atom is 0.171 e. The predicted molar refractivity (Wildman–Crippen MR) is 102 cm³/mol. The van der Waals surface area contributed by atoms with Crippen LogP contribution in [-0.4, -0.2) is 17.8 Å². The highest BCUT2D eigenvalue weighted by Gasteiger charge is 2.06. The van der Waals surface area contributed by atoms with Gasteiger partial charge in [-0.3, -0.25) is 0 Å². The molecule has 2 aromatic rings. The highest BCUT2D eigenvalue weighted by Crippen LogP contribution is 2.17. The molecule has 0 aliphatic rings. The lowest BCUT2D eigenvalue weighted by Crippen LogP contribution is -2.39. The number of ether oxygens (including phenoxy) is 1. The lowest BCUT2D eigenvalue weighted by molar-refractivity contribution is 0.287. The van der Waals surface area contributed by atoms with Crippen LogP contribution in [0.4, 0.5) is 5.69 Å². The van der Waals surface area contributed by atoms with Gasteiger partial charge in [-0.2, -0.15) is 0 Å². The minimum atomic E-state index is 0.0794. The van der Waals surface area contributed by atoms with Crippen LogP contribution in [0.2, 0.25) is 5.02 Å². The number of hydrogen-bond acceptors (Lipinski definition) is 2. The topological polar surface area (TPSA) is 33.3 Å². The van der Waals surface area contributed by atoms with Gasteiger partial charge in [-0.1, -0.05) is 23.7 Å². The van der Waals surface area contributed by atoms with Crippen molar-refractivity contribution in [1.82, 2.24) is 5.32 Å². The van der Waals surface area contributed by atoms with E-state index in [2.05, 4.69) is 30.5 Å². The molecule has 2 aromatic carbocycles. The molecule has 1 atom stereocenters. The Kier molecular flexibility index (Phi) is 6.25. The van der Waals surface area contributed by atoms with Gasteiger partial charge in [0.15, 0.2) is 5.11 Å². The molecule has 0 bridgehead atoms. The van der Waals surface area contributed by atoms with E-state index in [-0.39, 0.29) is 6.04 Å². The molecule has 0 radical (unpaired) electrons. The van der Waals surface area contributed by atoms with Crippen LogP contribution in [0, 0.1) is 13.8 Å². The van der Waals surface area contributed by atoms with Crippen LogP contribution < -0.4 is 15.4 Å². The van der Waals surface area contributed by atoms with Crippen molar-refractivity contribution in [3.8, 4) is 5.75 Å². The second kappa shape index (κ2) is 8.18. The van der Waals surface area contributed by atoms with Gasteiger partial charge in [0, 0.05) is 10.7 Å². The first kappa shape index (κ1) is 17.6. The van der Waals surface area contributed by atoms with E-state index in [4.69, 9.17) is 28.6 Å². The van der Waals surface area contributed by atoms with Crippen molar-refractivity contribution in [3.05, 3.63) is 58.6 Å². The monoisotopic (exact) mass is 348 g/mol. The third-order valence-electron chi connectivity index (χ3n) is 3.44. The molecule has 122 valence electrons. The molecule has 0 amide bonds. The van der Waals surface area contributed by atoms with Gasteiger partial charge in [0.1, 0.15) is 12.4 Å². The Balaban J connectivity index is 1.80. The van der Waals surface area contributed by atoms with Gasteiger partial charge >= 0.3 is 0 Å². The molecule has 0 aliphatic carbocycles. The fourth-order valence-electron chi connectivity index (χ4n) is 2.02. The van der Waals surface area contributed by atoms with E-state index in [1.54, 1.807) is 0 Å². The third kappa shape index (κ3) is 5.73. The molecular weight excluding hydrogens is 328 g/mol. The number of aryl methyl sites for hydroxylation is 2. The van der Waals surface area contributed by atoms with Crippen molar-refractivity contribution < 1.29 is 4.74 Å². The van der Waals surface area contributed by atoms with Crippen LogP contribution in [0.5, 0.6) is 5.75 Å². The summed E-state index contributed by atoms with van der Waals surface area (Å²) in [7, 11) is 0. The van der Waals surface area contributed by atoms with E-state index in [0.717, 1.165) is 11.4 Å². The first-order chi connectivity index (χ1) is 10.9. The van der Waals surface area contributed by atoms with Crippen molar-refractivity contribution in [2.75, 3.05) is 11.9 Å². The zero-order valence-corrected chi connectivity index (χ0v) is 15.1. The van der Waals surface area contributed by atoms with E-state index in [1.807, 2.05) is 43.3 Å². The highest BCUT2D eigenvalue weighted by molar-refractivity contribution is 7.80. The average Bonchev–Trinajstić information content (AvgIpc) is 2.48. The number of halogens is 1. The van der Waals surface area contributed by atoms with Gasteiger partial charge in [-0.05, 0) is 74.4 Å². The Hall–Kier alpha value is -1.78. The number of anilines is 1. The molecule has 0 aliphatic heterocycles. The van der Waals surface area contributed by atoms with Gasteiger partial charge < -0.3 is 15.4 Å². The molecular formula is C18H21ClN2OS. The van der Waals surface area contributed by atoms with E-state index >= 15 is 0 Å². The molecule has 3 nitrogen and oxygen atoms in total. The van der Waals surface area contributed by atoms with E-state index < -0.39 is 0 Å². The Morgan fingerprint density at radius 2 is 1.96 bits per heavy atom. The fourth-order valence-corrected chi connectivity index (χ4v) is 2.53. The number of thiocarbonyl (C=S) groups is 1. The van der Waals surface area contributed by atoms with E-state index in [0.29, 0.717) is 16.7 Å². The maximum atomic E-state index is 5.95. The summed E-state index contributed by atoms with van der Waals surface area (Å²) in [5.41, 5.74) is 3.34. The van der Waals surface area contributed by atoms with E-state index in [1.165, 1.54) is 11.1 Å². The smallest absolute Gasteiger partial charge is 0.171 e. The van der Waals surface area contributed by atoms with Gasteiger partial charge in [-0.25, -0.2) is 0 Å². The minimum absolute atomic E-state index is 0.0794. The largest absolute Gasteiger partial charge is 0.491 e. The lowest BCUT2D eigenvalue weighted by Gasteiger charge is -2.18. The second-order valence-electron chi connectivity index (χ2n) is 5.57. The average molecular weight is 349 g/mol. The van der Waals surface area contributed by atoms with Crippen molar-refractivity contribution >= 4 is 34.6 Å². The van der Waals surface area contributed by atoms with Crippen LogP contribution in [0.25, 0.3) is 0 Å². The van der Waals surface area contributed by atoms with Crippen LogP contribution in [0.15, 0.2) is 42.5 Å². The first-order valence-corrected chi connectivity index (χ1v) is 8.26. The number of rotatable bonds is 5. The Labute approximate surface area is 148 Å². The summed E-state index contributed by atoms with van der Waals surface area (Å²) in [6, 6.07) is 13.6. The first-order valence-electron chi connectivity index (χ1n) is 7.47. The molecule has 0 spiro atoms. The van der Waals surface area contributed by atoms with Crippen LogP contribution in [0.3, 0.4) is 0 Å². The summed E-state index contributed by atoms with van der Waals surface area (Å²) < 4.78 is 5.80. The van der Waals surface area contributed by atoms with Crippen molar-refractivity contribution in [2.24, 2.45) is 0 Å². The zero-order chi connectivity index (χ0) is 16.8. The SMILES string of the molecule is Cc1ccc(OC[C@@H](C)NC(=S)Nc2cccc(Cl)c2)cc1C. The quantitative estimate of drug-likeness (QED) is 0.766. The highest BCUT2D eigenvalue weighted by atomic mass is 35.5. The summed E-state index contributed by atoms with van der Waals surface area (Å²) in [5.74, 6) is 0.871. The molecule has 0 fully saturated rings. The Morgan fingerprint density at radius 3 is 2.65 bits per heavy atom. The number of nitrogens with one attached hydrogen (secondary N) is 2. The molecule has 0 unspecified atom stereocenters. The second-order valence-corrected chi connectivity index (χ2v) is 6.41. The molecule has 0 heterocycles. The number of hydrogen-bond donors (Lipinski definition) is 2. The van der Waals surface area contributed by atoms with Crippen molar-refractivity contribution in [2.45, 2.75) is 26.8 Å². The minimum Gasteiger partial charge on any atom is -0.491 e. The molecule has 0 saturated heterocycles. The standard InChI is InChI=1S/C18H21ClN2OS/c1-12-7-8-17(9-13(12)2)22-11-14(3)20-18(23)21-16-6-4-5-15(19)10-16/h4-10,14H,11H2,1-3H3,(H2,20,21,23)/t14-/m1/s1. The molecule has 2 rings (SSSR count). The van der Waals surface area contributed by atoms with Crippen molar-refractivity contribution in [3.63, 3.8) is 0 Å². The number of benzene rings is 2. The zero-order valence-electron chi connectivity index (χ0n) is 13.5. The molecule has 23 heavy (non-hydrogen) atoms. The van der Waals surface area contributed by atoms with Gasteiger partial charge in [0.25, 0.3) is 0 Å². The van der Waals surface area contributed by atoms with Crippen molar-refractivity contribution in [1.29, 1.82) is 0 Å². The van der Waals surface area contributed by atoms with E-state index in [9.17, 15) is 0 Å². The summed E-state index contributed by atoms with van der Waals surface area (Å²) in [4.78, 5) is 0. The summed E-state index contributed by atoms with van der Waals surface area (Å²) in [6.07, 6.45) is 0. The molecule has 0 aromatic heterocycles. The van der Waals surface area contributed by atoms with Gasteiger partial charge in [-0.15, -0.1) is 0 Å². The maximum absolute atomic E-state index is 5.95. The molecule has 2 N–H and O–H groups in total. The molecule has 5 heteroatoms. The fraction of sp³-hybridized carbons (Fsp3) is 0.278. The molecule has 0 saturated carbocycles. The Morgan fingerprint density at radius 1 is 1.17 bits per heavy atom. The lowest BCUT2D eigenvalue weighted by atomic mass is 10.1. The van der Waals surface area contributed by atoms with Gasteiger partial charge in [0.2, 0.25) is 0 Å². The summed E-state index contributed by atoms with van der Waals surface area (Å²) in [5, 5.41) is 7.52.